The van der Waals surface area contributed by atoms with Crippen LogP contribution in [0.4, 0.5) is 0 Å². The minimum absolute atomic E-state index is 0.200. The van der Waals surface area contributed by atoms with Crippen LogP contribution in [0.2, 0.25) is 0 Å². The molecule has 1 fully saturated rings. The fraction of sp³-hybridized carbons (Fsp3) is 0.600. The fourth-order valence-corrected chi connectivity index (χ4v) is 2.62. The highest BCUT2D eigenvalue weighted by molar-refractivity contribution is 5.40. The monoisotopic (exact) mass is 265 g/mol. The Morgan fingerprint density at radius 2 is 2.05 bits per heavy atom. The van der Waals surface area contributed by atoms with E-state index >= 15 is 0 Å². The largest absolute Gasteiger partial charge is 0.497 e. The summed E-state index contributed by atoms with van der Waals surface area (Å²) < 4.78 is 10.7. The van der Waals surface area contributed by atoms with Crippen molar-refractivity contribution in [1.82, 2.24) is 4.90 Å². The van der Waals surface area contributed by atoms with E-state index in [4.69, 9.17) is 9.47 Å². The molecular weight excluding hydrogens is 242 g/mol. The zero-order valence-corrected chi connectivity index (χ0v) is 12.1. The molecule has 0 aromatic heterocycles. The molecule has 1 unspecified atom stereocenters. The van der Waals surface area contributed by atoms with Gasteiger partial charge in [-0.15, -0.1) is 0 Å². The smallest absolute Gasteiger partial charge is 0.123 e. The van der Waals surface area contributed by atoms with Gasteiger partial charge in [-0.1, -0.05) is 0 Å². The summed E-state index contributed by atoms with van der Waals surface area (Å²) in [5, 5.41) is 10.0. The summed E-state index contributed by atoms with van der Waals surface area (Å²) in [6, 6.07) is 5.82. The van der Waals surface area contributed by atoms with E-state index in [0.29, 0.717) is 0 Å². The van der Waals surface area contributed by atoms with Crippen LogP contribution < -0.4 is 9.47 Å². The van der Waals surface area contributed by atoms with Gasteiger partial charge < -0.3 is 14.6 Å². The molecule has 4 nitrogen and oxygen atoms in total. The number of aliphatic hydroxyl groups is 1. The van der Waals surface area contributed by atoms with Crippen molar-refractivity contribution in [3.63, 3.8) is 0 Å². The highest BCUT2D eigenvalue weighted by Crippen LogP contribution is 2.33. The zero-order chi connectivity index (χ0) is 14.0. The van der Waals surface area contributed by atoms with Gasteiger partial charge in [0.15, 0.2) is 0 Å². The normalized spacial score (nSPS) is 22.5. The Kier molecular flexibility index (Phi) is 4.02. The molecule has 1 heterocycles. The lowest BCUT2D eigenvalue weighted by molar-refractivity contribution is 0.0502. The molecule has 2 rings (SSSR count). The third kappa shape index (κ3) is 2.69. The zero-order valence-electron chi connectivity index (χ0n) is 12.1. The number of aliphatic hydroxyl groups excluding tert-OH is 1. The summed E-state index contributed by atoms with van der Waals surface area (Å²) in [7, 11) is 3.34. The van der Waals surface area contributed by atoms with Gasteiger partial charge in [-0.3, -0.25) is 4.90 Å². The Hall–Kier alpha value is -1.26. The second-order valence-corrected chi connectivity index (χ2v) is 5.56. The second-order valence-electron chi connectivity index (χ2n) is 5.56. The van der Waals surface area contributed by atoms with Gasteiger partial charge in [0.1, 0.15) is 11.5 Å². The highest BCUT2D eigenvalue weighted by Gasteiger charge is 2.40. The van der Waals surface area contributed by atoms with Crippen molar-refractivity contribution in [3.05, 3.63) is 23.8 Å². The molecule has 0 radical (unpaired) electrons. The molecule has 0 bridgehead atoms. The third-order valence-electron chi connectivity index (χ3n) is 4.15. The van der Waals surface area contributed by atoms with Crippen molar-refractivity contribution >= 4 is 0 Å². The molecule has 1 atom stereocenters. The van der Waals surface area contributed by atoms with Crippen molar-refractivity contribution in [1.29, 1.82) is 0 Å². The molecule has 1 aromatic carbocycles. The predicted octanol–water partition coefficient (Wildman–Crippen LogP) is 2.05. The van der Waals surface area contributed by atoms with E-state index in [1.54, 1.807) is 14.2 Å². The Bertz CT molecular complexity index is 445. The summed E-state index contributed by atoms with van der Waals surface area (Å²) in [5.74, 6) is 1.69. The van der Waals surface area contributed by atoms with Gasteiger partial charge in [-0.25, -0.2) is 0 Å². The lowest BCUT2D eigenvalue weighted by Gasteiger charge is -2.34. The molecule has 1 aliphatic rings. The van der Waals surface area contributed by atoms with Crippen molar-refractivity contribution < 1.29 is 14.6 Å². The molecule has 0 aliphatic carbocycles. The number of hydrogen-bond acceptors (Lipinski definition) is 4. The summed E-state index contributed by atoms with van der Waals surface area (Å²) in [4.78, 5) is 2.29. The van der Waals surface area contributed by atoms with Crippen LogP contribution in [-0.4, -0.2) is 42.4 Å². The maximum Gasteiger partial charge on any atom is 0.123 e. The summed E-state index contributed by atoms with van der Waals surface area (Å²) in [6.07, 6.45) is 0.545. The SMILES string of the molecule is COc1ccc(OC)c(CN2CCC(O)C2(C)C)c1. The summed E-state index contributed by atoms with van der Waals surface area (Å²) in [6.45, 7) is 5.81. The van der Waals surface area contributed by atoms with Gasteiger partial charge in [0.25, 0.3) is 0 Å². The van der Waals surface area contributed by atoms with Crippen molar-refractivity contribution in [3.8, 4) is 11.5 Å². The first-order chi connectivity index (χ1) is 8.98. The first-order valence-electron chi connectivity index (χ1n) is 6.63. The van der Waals surface area contributed by atoms with E-state index in [9.17, 15) is 5.11 Å². The number of nitrogens with zero attached hydrogens (tertiary/aromatic N) is 1. The van der Waals surface area contributed by atoms with Gasteiger partial charge in [0.2, 0.25) is 0 Å². The van der Waals surface area contributed by atoms with Gasteiger partial charge in [0.05, 0.1) is 20.3 Å². The molecule has 106 valence electrons. The van der Waals surface area contributed by atoms with Crippen LogP contribution in [0.25, 0.3) is 0 Å². The van der Waals surface area contributed by atoms with Crippen molar-refractivity contribution in [2.24, 2.45) is 0 Å². The number of ether oxygens (including phenoxy) is 2. The van der Waals surface area contributed by atoms with E-state index in [-0.39, 0.29) is 11.6 Å². The lowest BCUT2D eigenvalue weighted by atomic mass is 9.98. The summed E-state index contributed by atoms with van der Waals surface area (Å²) >= 11 is 0. The van der Waals surface area contributed by atoms with Crippen molar-refractivity contribution in [2.75, 3.05) is 20.8 Å². The number of benzene rings is 1. The molecule has 19 heavy (non-hydrogen) atoms. The Morgan fingerprint density at radius 3 is 2.58 bits per heavy atom. The van der Waals surface area contributed by atoms with Crippen LogP contribution in [0.3, 0.4) is 0 Å². The highest BCUT2D eigenvalue weighted by atomic mass is 16.5. The molecule has 4 heteroatoms. The first kappa shape index (κ1) is 14.2. The van der Waals surface area contributed by atoms with Crippen LogP contribution in [0.1, 0.15) is 25.8 Å². The molecule has 1 N–H and O–H groups in total. The third-order valence-corrected chi connectivity index (χ3v) is 4.15. The molecule has 1 aromatic rings. The molecule has 0 saturated carbocycles. The Labute approximate surface area is 114 Å². The predicted molar refractivity (Wildman–Crippen MR) is 74.7 cm³/mol. The topological polar surface area (TPSA) is 41.9 Å². The Balaban J connectivity index is 2.23. The molecule has 0 spiro atoms. The second kappa shape index (κ2) is 5.39. The minimum Gasteiger partial charge on any atom is -0.497 e. The van der Waals surface area contributed by atoms with Crippen LogP contribution in [-0.2, 0) is 6.54 Å². The van der Waals surface area contributed by atoms with Gasteiger partial charge in [0, 0.05) is 24.2 Å². The average molecular weight is 265 g/mol. The van der Waals surface area contributed by atoms with Gasteiger partial charge >= 0.3 is 0 Å². The van der Waals surface area contributed by atoms with E-state index in [1.807, 2.05) is 18.2 Å². The summed E-state index contributed by atoms with van der Waals surface area (Å²) in [5.41, 5.74) is 0.887. The van der Waals surface area contributed by atoms with E-state index in [1.165, 1.54) is 0 Å². The number of likely N-dealkylation sites (tertiary alicyclic amines) is 1. The van der Waals surface area contributed by atoms with Crippen LogP contribution >= 0.6 is 0 Å². The lowest BCUT2D eigenvalue weighted by Crippen LogP contribution is -2.44. The van der Waals surface area contributed by atoms with Gasteiger partial charge in [-0.05, 0) is 38.5 Å². The molecule has 1 aliphatic heterocycles. The molecular formula is C15H23NO3. The molecule has 0 amide bonds. The van der Waals surface area contributed by atoms with Crippen LogP contribution in [0.15, 0.2) is 18.2 Å². The van der Waals surface area contributed by atoms with Crippen LogP contribution in [0.5, 0.6) is 11.5 Å². The van der Waals surface area contributed by atoms with Gasteiger partial charge in [-0.2, -0.15) is 0 Å². The standard InChI is InChI=1S/C15H23NO3/c1-15(2)14(17)7-8-16(15)10-11-9-12(18-3)5-6-13(11)19-4/h5-6,9,14,17H,7-8,10H2,1-4H3. The van der Waals surface area contributed by atoms with E-state index in [2.05, 4.69) is 18.7 Å². The quantitative estimate of drug-likeness (QED) is 0.904. The van der Waals surface area contributed by atoms with Crippen molar-refractivity contribution in [2.45, 2.75) is 38.5 Å². The maximum atomic E-state index is 10.0. The Morgan fingerprint density at radius 1 is 1.32 bits per heavy atom. The first-order valence-corrected chi connectivity index (χ1v) is 6.63. The van der Waals surface area contributed by atoms with E-state index in [0.717, 1.165) is 36.6 Å². The van der Waals surface area contributed by atoms with Crippen LogP contribution in [0, 0.1) is 0 Å². The molecule has 1 saturated heterocycles. The van der Waals surface area contributed by atoms with E-state index < -0.39 is 0 Å². The average Bonchev–Trinajstić information content (AvgIpc) is 2.65. The number of hydrogen-bond donors (Lipinski definition) is 1. The number of rotatable bonds is 4. The fourth-order valence-electron chi connectivity index (χ4n) is 2.62. The number of methoxy groups -OCH3 is 2. The maximum absolute atomic E-state index is 10.0. The minimum atomic E-state index is -0.274.